The van der Waals surface area contributed by atoms with Gasteiger partial charge in [-0.2, -0.15) is 0 Å². The fraction of sp³-hybridized carbons (Fsp3) is 0.429. The second-order valence-corrected chi connectivity index (χ2v) is 7.29. The van der Waals surface area contributed by atoms with Crippen LogP contribution in [-0.4, -0.2) is 47.9 Å². The Morgan fingerprint density at radius 3 is 2.69 bits per heavy atom. The molecule has 3 heterocycles. The monoisotopic (exact) mass is 354 g/mol. The average molecular weight is 354 g/mol. The maximum Gasteiger partial charge on any atom is 0.257 e. The summed E-state index contributed by atoms with van der Waals surface area (Å²) in [6, 6.07) is 8.92. The lowest BCUT2D eigenvalue weighted by Crippen LogP contribution is -2.42. The van der Waals surface area contributed by atoms with Gasteiger partial charge in [0.15, 0.2) is 12.4 Å². The second-order valence-electron chi connectivity index (χ2n) is 7.29. The van der Waals surface area contributed by atoms with Crippen LogP contribution in [0.15, 0.2) is 42.7 Å². The van der Waals surface area contributed by atoms with E-state index in [4.69, 9.17) is 0 Å². The molecule has 2 saturated heterocycles. The van der Waals surface area contributed by atoms with Gasteiger partial charge in [-0.05, 0) is 62.5 Å². The summed E-state index contributed by atoms with van der Waals surface area (Å²) >= 11 is 0. The molecule has 1 aromatic heterocycles. The quantitative estimate of drug-likeness (QED) is 0.846. The molecule has 136 valence electrons. The molecule has 0 spiro atoms. The van der Waals surface area contributed by atoms with Gasteiger partial charge < -0.3 is 9.80 Å². The lowest BCUT2D eigenvalue weighted by Gasteiger charge is -2.28. The number of halogens is 1. The van der Waals surface area contributed by atoms with Gasteiger partial charge >= 0.3 is 0 Å². The topological polar surface area (TPSA) is 37.7 Å². The molecule has 0 saturated carbocycles. The van der Waals surface area contributed by atoms with Crippen molar-refractivity contribution in [1.82, 2.24) is 9.80 Å². The average Bonchev–Trinajstić information content (AvgIpc) is 3.34. The van der Waals surface area contributed by atoms with E-state index in [9.17, 15) is 9.18 Å². The molecule has 26 heavy (non-hydrogen) atoms. The van der Waals surface area contributed by atoms with Crippen molar-refractivity contribution in [3.63, 3.8) is 0 Å². The van der Waals surface area contributed by atoms with Crippen molar-refractivity contribution in [2.75, 3.05) is 26.2 Å². The summed E-state index contributed by atoms with van der Waals surface area (Å²) in [6.07, 6.45) is 8.14. The van der Waals surface area contributed by atoms with Crippen LogP contribution in [0, 0.1) is 5.82 Å². The Morgan fingerprint density at radius 1 is 1.12 bits per heavy atom. The highest BCUT2D eigenvalue weighted by Gasteiger charge is 2.32. The molecule has 2 aliphatic heterocycles. The van der Waals surface area contributed by atoms with Crippen LogP contribution in [0.2, 0.25) is 0 Å². The van der Waals surface area contributed by atoms with E-state index in [1.54, 1.807) is 6.07 Å². The molecule has 2 aliphatic rings. The fourth-order valence-corrected chi connectivity index (χ4v) is 4.15. The Labute approximate surface area is 153 Å². The number of rotatable bonds is 4. The Hall–Kier alpha value is -2.27. The minimum absolute atomic E-state index is 0.171. The van der Waals surface area contributed by atoms with Gasteiger partial charge in [-0.15, -0.1) is 0 Å². The number of amides is 1. The van der Waals surface area contributed by atoms with E-state index in [0.717, 1.165) is 50.1 Å². The van der Waals surface area contributed by atoms with Crippen LogP contribution >= 0.6 is 0 Å². The number of hydrogen-bond acceptors (Lipinski definition) is 2. The summed E-state index contributed by atoms with van der Waals surface area (Å²) in [6.45, 7) is 3.89. The molecule has 0 radical (unpaired) electrons. The van der Waals surface area contributed by atoms with Crippen molar-refractivity contribution in [3.05, 3.63) is 54.1 Å². The molecule has 0 bridgehead atoms. The van der Waals surface area contributed by atoms with Gasteiger partial charge in [0.05, 0.1) is 5.56 Å². The van der Waals surface area contributed by atoms with Gasteiger partial charge in [0.2, 0.25) is 0 Å². The first-order valence-electron chi connectivity index (χ1n) is 9.52. The third kappa shape index (κ3) is 3.49. The van der Waals surface area contributed by atoms with E-state index in [1.807, 2.05) is 35.5 Å². The van der Waals surface area contributed by atoms with Crippen molar-refractivity contribution < 1.29 is 14.2 Å². The van der Waals surface area contributed by atoms with E-state index in [1.165, 1.54) is 18.9 Å². The number of nitrogens with one attached hydrogen (secondary N) is 1. The minimum atomic E-state index is -0.442. The van der Waals surface area contributed by atoms with Crippen LogP contribution in [0.3, 0.4) is 0 Å². The van der Waals surface area contributed by atoms with E-state index < -0.39 is 5.82 Å². The van der Waals surface area contributed by atoms with Gasteiger partial charge in [-0.1, -0.05) is 6.07 Å². The normalized spacial score (nSPS) is 20.7. The first kappa shape index (κ1) is 17.2. The predicted octanol–water partition coefficient (Wildman–Crippen LogP) is 3.01. The molecule has 5 heteroatoms. The molecule has 0 aliphatic carbocycles. The summed E-state index contributed by atoms with van der Waals surface area (Å²) in [7, 11) is 0. The smallest absolute Gasteiger partial charge is 0.257 e. The summed E-state index contributed by atoms with van der Waals surface area (Å²) in [5.74, 6) is -0.612. The van der Waals surface area contributed by atoms with Crippen LogP contribution in [0.25, 0.3) is 11.1 Å². The number of H-pyrrole nitrogens is 1. The van der Waals surface area contributed by atoms with E-state index in [-0.39, 0.29) is 17.5 Å². The highest BCUT2D eigenvalue weighted by molar-refractivity contribution is 5.95. The standard InChI is InChI=1S/C21H24FN3O/c22-20-13-16(17-5-3-9-23-14-17)7-8-19(20)21(26)25-12-4-6-18(25)15-24-10-1-2-11-24/h3,5,7-9,13-14,18H,1-2,4,6,10-12,15H2/p+1. The molecule has 1 atom stereocenters. The third-order valence-corrected chi connectivity index (χ3v) is 5.55. The molecule has 1 unspecified atom stereocenters. The van der Waals surface area contributed by atoms with E-state index >= 15 is 0 Å². The zero-order chi connectivity index (χ0) is 17.9. The van der Waals surface area contributed by atoms with Gasteiger partial charge in [-0.25, -0.2) is 9.37 Å². The number of nitrogens with zero attached hydrogens (tertiary/aromatic N) is 2. The van der Waals surface area contributed by atoms with Crippen LogP contribution in [0.4, 0.5) is 4.39 Å². The summed E-state index contributed by atoms with van der Waals surface area (Å²) in [5.41, 5.74) is 1.85. The summed E-state index contributed by atoms with van der Waals surface area (Å²) in [4.78, 5) is 20.3. The molecule has 4 rings (SSSR count). The largest absolute Gasteiger partial charge is 0.334 e. The van der Waals surface area contributed by atoms with Gasteiger partial charge in [0.1, 0.15) is 5.82 Å². The van der Waals surface area contributed by atoms with Gasteiger partial charge in [-0.3, -0.25) is 4.79 Å². The summed E-state index contributed by atoms with van der Waals surface area (Å²) in [5, 5.41) is 0. The molecule has 1 N–H and O–H groups in total. The number of likely N-dealkylation sites (tertiary alicyclic amines) is 2. The maximum absolute atomic E-state index is 14.7. The Bertz CT molecular complexity index is 774. The van der Waals surface area contributed by atoms with Gasteiger partial charge in [0, 0.05) is 30.8 Å². The molecule has 2 aromatic rings. The molecule has 4 nitrogen and oxygen atoms in total. The molecular weight excluding hydrogens is 329 g/mol. The first-order valence-corrected chi connectivity index (χ1v) is 9.52. The number of aromatic amines is 1. The van der Waals surface area contributed by atoms with Crippen LogP contribution in [-0.2, 0) is 0 Å². The SMILES string of the molecule is O=C(c1ccc(-c2ccc[nH+]c2)cc1F)N1CCCC1CN1CCCC1. The highest BCUT2D eigenvalue weighted by atomic mass is 19.1. The lowest BCUT2D eigenvalue weighted by molar-refractivity contribution is -0.377. The zero-order valence-electron chi connectivity index (χ0n) is 15.0. The number of pyridine rings is 1. The van der Waals surface area contributed by atoms with Crippen molar-refractivity contribution in [2.45, 2.75) is 31.7 Å². The third-order valence-electron chi connectivity index (χ3n) is 5.55. The maximum atomic E-state index is 14.7. The molecular formula is C21H25FN3O+. The van der Waals surface area contributed by atoms with Crippen molar-refractivity contribution in [3.8, 4) is 11.1 Å². The van der Waals surface area contributed by atoms with Crippen molar-refractivity contribution in [1.29, 1.82) is 0 Å². The molecule has 2 fully saturated rings. The van der Waals surface area contributed by atoms with Crippen LogP contribution in [0.5, 0.6) is 0 Å². The predicted molar refractivity (Wildman–Crippen MR) is 98.1 cm³/mol. The molecule has 1 aromatic carbocycles. The second kappa shape index (κ2) is 7.54. The van der Waals surface area contributed by atoms with Crippen LogP contribution in [0.1, 0.15) is 36.0 Å². The number of carbonyl (C=O) groups is 1. The zero-order valence-corrected chi connectivity index (χ0v) is 15.0. The Morgan fingerprint density at radius 2 is 1.96 bits per heavy atom. The number of carbonyl (C=O) groups excluding carboxylic acids is 1. The van der Waals surface area contributed by atoms with Gasteiger partial charge in [0.25, 0.3) is 5.91 Å². The van der Waals surface area contributed by atoms with Crippen LogP contribution < -0.4 is 4.98 Å². The summed E-state index contributed by atoms with van der Waals surface area (Å²) < 4.78 is 14.7. The van der Waals surface area contributed by atoms with Crippen molar-refractivity contribution >= 4 is 5.91 Å². The molecule has 1 amide bonds. The Balaban J connectivity index is 1.52. The Kier molecular flexibility index (Phi) is 4.98. The lowest BCUT2D eigenvalue weighted by atomic mass is 10.0. The fourth-order valence-electron chi connectivity index (χ4n) is 4.15. The minimum Gasteiger partial charge on any atom is -0.334 e. The van der Waals surface area contributed by atoms with E-state index in [0.29, 0.717) is 0 Å². The first-order chi connectivity index (χ1) is 12.7. The number of benzene rings is 1. The van der Waals surface area contributed by atoms with Crippen molar-refractivity contribution in [2.24, 2.45) is 0 Å². The van der Waals surface area contributed by atoms with E-state index in [2.05, 4.69) is 9.88 Å². The highest BCUT2D eigenvalue weighted by Crippen LogP contribution is 2.26. The number of hydrogen-bond donors (Lipinski definition) is 0. The number of aromatic nitrogens is 1.